The average molecular weight is 309 g/mol. The van der Waals surface area contributed by atoms with Gasteiger partial charge in [-0.2, -0.15) is 0 Å². The highest BCUT2D eigenvalue weighted by atomic mass is 19.1. The summed E-state index contributed by atoms with van der Waals surface area (Å²) in [5, 5.41) is 3.14. The summed E-state index contributed by atoms with van der Waals surface area (Å²) in [5.41, 5.74) is 1.01. The summed E-state index contributed by atoms with van der Waals surface area (Å²) in [6, 6.07) is 6.50. The van der Waals surface area contributed by atoms with Crippen LogP contribution in [0.2, 0.25) is 0 Å². The maximum Gasteiger partial charge on any atom is 0.236 e. The quantitative estimate of drug-likeness (QED) is 0.766. The molecule has 5 nitrogen and oxygen atoms in total. The van der Waals surface area contributed by atoms with Crippen LogP contribution in [0.1, 0.15) is 6.42 Å². The first-order valence-corrected chi connectivity index (χ1v) is 7.68. The van der Waals surface area contributed by atoms with Gasteiger partial charge in [-0.25, -0.2) is 4.39 Å². The number of piperazine rings is 1. The molecule has 0 radical (unpaired) electrons. The van der Waals surface area contributed by atoms with Crippen molar-refractivity contribution in [2.75, 3.05) is 57.9 Å². The minimum absolute atomic E-state index is 0.135. The molecule has 1 aromatic rings. The number of rotatable bonds is 7. The third-order valence-electron chi connectivity index (χ3n) is 3.80. The van der Waals surface area contributed by atoms with Crippen LogP contribution in [0.15, 0.2) is 24.3 Å². The number of nitrogens with one attached hydrogen (secondary N) is 1. The lowest BCUT2D eigenvalue weighted by molar-refractivity contribution is -0.130. The standard InChI is InChI=1S/C16H24FN3O2/c1-22-12-2-7-18-13-16(21)20-10-8-19(9-11-20)15-5-3-14(17)4-6-15/h3-6,18H,2,7-13H2,1H3. The Kier molecular flexibility index (Phi) is 6.61. The minimum Gasteiger partial charge on any atom is -0.385 e. The zero-order chi connectivity index (χ0) is 15.8. The van der Waals surface area contributed by atoms with E-state index in [-0.39, 0.29) is 11.7 Å². The molecule has 1 amide bonds. The molecule has 1 heterocycles. The molecule has 6 heteroatoms. The number of nitrogens with zero attached hydrogens (tertiary/aromatic N) is 2. The molecule has 2 rings (SSSR count). The van der Waals surface area contributed by atoms with Crippen molar-refractivity contribution in [1.82, 2.24) is 10.2 Å². The number of anilines is 1. The number of carbonyl (C=O) groups excluding carboxylic acids is 1. The van der Waals surface area contributed by atoms with E-state index < -0.39 is 0 Å². The van der Waals surface area contributed by atoms with E-state index in [1.807, 2.05) is 4.90 Å². The van der Waals surface area contributed by atoms with Crippen LogP contribution in [-0.2, 0) is 9.53 Å². The van der Waals surface area contributed by atoms with Crippen LogP contribution in [0.5, 0.6) is 0 Å². The van der Waals surface area contributed by atoms with E-state index in [4.69, 9.17) is 4.74 Å². The Morgan fingerprint density at radius 3 is 2.55 bits per heavy atom. The molecule has 0 aliphatic carbocycles. The summed E-state index contributed by atoms with van der Waals surface area (Å²) >= 11 is 0. The number of benzene rings is 1. The van der Waals surface area contributed by atoms with E-state index in [9.17, 15) is 9.18 Å². The maximum atomic E-state index is 12.9. The first-order chi connectivity index (χ1) is 10.7. The Labute approximate surface area is 131 Å². The second-order valence-corrected chi connectivity index (χ2v) is 5.37. The first-order valence-electron chi connectivity index (χ1n) is 7.68. The van der Waals surface area contributed by atoms with Gasteiger partial charge in [-0.3, -0.25) is 4.79 Å². The number of halogens is 1. The van der Waals surface area contributed by atoms with Gasteiger partial charge in [0.15, 0.2) is 0 Å². The predicted molar refractivity (Wildman–Crippen MR) is 84.6 cm³/mol. The number of ether oxygens (including phenoxy) is 1. The van der Waals surface area contributed by atoms with E-state index in [1.165, 1.54) is 12.1 Å². The molecule has 1 aliphatic rings. The lowest BCUT2D eigenvalue weighted by Gasteiger charge is -2.36. The number of hydrogen-bond acceptors (Lipinski definition) is 4. The van der Waals surface area contributed by atoms with E-state index >= 15 is 0 Å². The van der Waals surface area contributed by atoms with Crippen LogP contribution in [0.25, 0.3) is 0 Å². The molecule has 1 N–H and O–H groups in total. The molecular formula is C16H24FN3O2. The van der Waals surface area contributed by atoms with Crippen molar-refractivity contribution in [3.8, 4) is 0 Å². The third kappa shape index (κ3) is 4.96. The van der Waals surface area contributed by atoms with Gasteiger partial charge in [0.05, 0.1) is 6.54 Å². The smallest absolute Gasteiger partial charge is 0.236 e. The van der Waals surface area contributed by atoms with Gasteiger partial charge in [0, 0.05) is 45.6 Å². The van der Waals surface area contributed by atoms with Gasteiger partial charge >= 0.3 is 0 Å². The molecule has 122 valence electrons. The first kappa shape index (κ1) is 16.7. The summed E-state index contributed by atoms with van der Waals surface area (Å²) in [6.45, 7) is 4.83. The van der Waals surface area contributed by atoms with Crippen LogP contribution >= 0.6 is 0 Å². The van der Waals surface area contributed by atoms with E-state index in [1.54, 1.807) is 19.2 Å². The van der Waals surface area contributed by atoms with Gasteiger partial charge in [0.25, 0.3) is 0 Å². The normalized spacial score (nSPS) is 15.2. The predicted octanol–water partition coefficient (Wildman–Crippen LogP) is 1.10. The van der Waals surface area contributed by atoms with Gasteiger partial charge in [0.1, 0.15) is 5.82 Å². The second kappa shape index (κ2) is 8.70. The Morgan fingerprint density at radius 1 is 1.23 bits per heavy atom. The lowest BCUT2D eigenvalue weighted by atomic mass is 10.2. The number of amides is 1. The zero-order valence-corrected chi connectivity index (χ0v) is 13.1. The van der Waals surface area contributed by atoms with E-state index in [2.05, 4.69) is 10.2 Å². The largest absolute Gasteiger partial charge is 0.385 e. The second-order valence-electron chi connectivity index (χ2n) is 5.37. The molecule has 1 aromatic carbocycles. The number of carbonyl (C=O) groups is 1. The number of hydrogen-bond donors (Lipinski definition) is 1. The van der Waals surface area contributed by atoms with Crippen LogP contribution < -0.4 is 10.2 Å². The topological polar surface area (TPSA) is 44.8 Å². The molecule has 1 fully saturated rings. The van der Waals surface area contributed by atoms with E-state index in [0.717, 1.165) is 31.7 Å². The molecule has 0 atom stereocenters. The fraction of sp³-hybridized carbons (Fsp3) is 0.562. The molecule has 0 unspecified atom stereocenters. The summed E-state index contributed by atoms with van der Waals surface area (Å²) in [5.74, 6) is -0.0896. The fourth-order valence-corrected chi connectivity index (χ4v) is 2.51. The molecule has 1 aliphatic heterocycles. The molecule has 0 spiro atoms. The summed E-state index contributed by atoms with van der Waals surface area (Å²) in [7, 11) is 1.67. The van der Waals surface area contributed by atoms with Crippen molar-refractivity contribution in [1.29, 1.82) is 0 Å². The highest BCUT2D eigenvalue weighted by Gasteiger charge is 2.20. The molecule has 0 saturated carbocycles. The molecular weight excluding hydrogens is 285 g/mol. The minimum atomic E-state index is -0.225. The number of methoxy groups -OCH3 is 1. The third-order valence-corrected chi connectivity index (χ3v) is 3.80. The molecule has 1 saturated heterocycles. The van der Waals surface area contributed by atoms with Crippen LogP contribution in [0.4, 0.5) is 10.1 Å². The summed E-state index contributed by atoms with van der Waals surface area (Å²) in [6.07, 6.45) is 0.905. The lowest BCUT2D eigenvalue weighted by Crippen LogP contribution is -2.51. The SMILES string of the molecule is COCCCNCC(=O)N1CCN(c2ccc(F)cc2)CC1. The Balaban J connectivity index is 1.70. The van der Waals surface area contributed by atoms with Crippen molar-refractivity contribution in [2.24, 2.45) is 0 Å². The molecule has 0 aromatic heterocycles. The van der Waals surface area contributed by atoms with Gasteiger partial charge in [-0.15, -0.1) is 0 Å². The zero-order valence-electron chi connectivity index (χ0n) is 13.1. The average Bonchev–Trinajstić information content (AvgIpc) is 2.55. The molecule has 0 bridgehead atoms. The van der Waals surface area contributed by atoms with Gasteiger partial charge in [-0.1, -0.05) is 0 Å². The van der Waals surface area contributed by atoms with Crippen molar-refractivity contribution in [2.45, 2.75) is 6.42 Å². The monoisotopic (exact) mass is 309 g/mol. The Hall–Kier alpha value is -1.66. The fourth-order valence-electron chi connectivity index (χ4n) is 2.51. The summed E-state index contributed by atoms with van der Waals surface area (Å²) in [4.78, 5) is 16.1. The van der Waals surface area contributed by atoms with Crippen molar-refractivity contribution in [3.05, 3.63) is 30.1 Å². The van der Waals surface area contributed by atoms with E-state index in [0.29, 0.717) is 26.2 Å². The van der Waals surface area contributed by atoms with Gasteiger partial charge in [-0.05, 0) is 37.2 Å². The van der Waals surface area contributed by atoms with Gasteiger partial charge in [0.2, 0.25) is 5.91 Å². The van der Waals surface area contributed by atoms with Crippen molar-refractivity contribution < 1.29 is 13.9 Å². The van der Waals surface area contributed by atoms with Crippen LogP contribution in [-0.4, -0.2) is 63.8 Å². The van der Waals surface area contributed by atoms with Crippen molar-refractivity contribution in [3.63, 3.8) is 0 Å². The highest BCUT2D eigenvalue weighted by Crippen LogP contribution is 2.16. The highest BCUT2D eigenvalue weighted by molar-refractivity contribution is 5.78. The van der Waals surface area contributed by atoms with Gasteiger partial charge < -0.3 is 19.9 Å². The van der Waals surface area contributed by atoms with Crippen molar-refractivity contribution >= 4 is 11.6 Å². The maximum absolute atomic E-state index is 12.9. The Morgan fingerprint density at radius 2 is 1.91 bits per heavy atom. The van der Waals surface area contributed by atoms with Crippen LogP contribution in [0, 0.1) is 5.82 Å². The summed E-state index contributed by atoms with van der Waals surface area (Å²) < 4.78 is 17.9. The molecule has 22 heavy (non-hydrogen) atoms. The Bertz CT molecular complexity index is 459. The van der Waals surface area contributed by atoms with Crippen LogP contribution in [0.3, 0.4) is 0 Å².